The van der Waals surface area contributed by atoms with Gasteiger partial charge in [0.05, 0.1) is 0 Å². The predicted octanol–water partition coefficient (Wildman–Crippen LogP) is 3.26. The highest BCUT2D eigenvalue weighted by molar-refractivity contribution is 9.09. The van der Waals surface area contributed by atoms with Gasteiger partial charge in [-0.25, -0.2) is 0 Å². The molecule has 0 fully saturated rings. The van der Waals surface area contributed by atoms with Gasteiger partial charge in [-0.05, 0) is 12.1 Å². The SMILES string of the molecule is O=C(CCBr)c1c(O)cccc1OC(F)(F)F. The van der Waals surface area contributed by atoms with Gasteiger partial charge in [-0.2, -0.15) is 0 Å². The fourth-order valence-corrected chi connectivity index (χ4v) is 1.58. The largest absolute Gasteiger partial charge is 0.573 e. The minimum absolute atomic E-state index is 0.0359. The first-order valence-electron chi connectivity index (χ1n) is 4.52. The van der Waals surface area contributed by atoms with Crippen molar-refractivity contribution in [3.8, 4) is 11.5 Å². The Morgan fingerprint density at radius 2 is 2.06 bits per heavy atom. The quantitative estimate of drug-likeness (QED) is 0.685. The van der Waals surface area contributed by atoms with E-state index in [4.69, 9.17) is 0 Å². The van der Waals surface area contributed by atoms with Crippen LogP contribution < -0.4 is 4.74 Å². The Kier molecular flexibility index (Phi) is 4.39. The van der Waals surface area contributed by atoms with Crippen LogP contribution in [0.15, 0.2) is 18.2 Å². The molecule has 0 bridgehead atoms. The van der Waals surface area contributed by atoms with Crippen LogP contribution in [0.25, 0.3) is 0 Å². The second-order valence-corrected chi connectivity index (χ2v) is 3.85. The van der Waals surface area contributed by atoms with Crippen molar-refractivity contribution in [2.75, 3.05) is 5.33 Å². The van der Waals surface area contributed by atoms with Gasteiger partial charge in [0.1, 0.15) is 17.1 Å². The number of benzene rings is 1. The Bertz CT molecular complexity index is 418. The zero-order chi connectivity index (χ0) is 13.1. The Morgan fingerprint density at radius 1 is 1.41 bits per heavy atom. The molecule has 0 amide bonds. The number of phenols is 1. The first-order chi connectivity index (χ1) is 7.85. The molecular formula is C10H8BrF3O3. The molecule has 0 heterocycles. The van der Waals surface area contributed by atoms with Gasteiger partial charge in [0.15, 0.2) is 5.78 Å². The van der Waals surface area contributed by atoms with Crippen LogP contribution >= 0.6 is 15.9 Å². The van der Waals surface area contributed by atoms with E-state index in [-0.39, 0.29) is 11.8 Å². The summed E-state index contributed by atoms with van der Waals surface area (Å²) in [5.74, 6) is -1.85. The molecular weight excluding hydrogens is 305 g/mol. The molecule has 0 spiro atoms. The lowest BCUT2D eigenvalue weighted by Gasteiger charge is -2.13. The normalized spacial score (nSPS) is 11.3. The number of hydrogen-bond donors (Lipinski definition) is 1. The van der Waals surface area contributed by atoms with Crippen LogP contribution in [0.3, 0.4) is 0 Å². The lowest BCUT2D eigenvalue weighted by atomic mass is 10.1. The maximum absolute atomic E-state index is 12.1. The molecule has 0 aliphatic rings. The maximum atomic E-state index is 12.1. The van der Waals surface area contributed by atoms with Crippen molar-refractivity contribution in [1.29, 1.82) is 0 Å². The fraction of sp³-hybridized carbons (Fsp3) is 0.300. The van der Waals surface area contributed by atoms with Crippen LogP contribution in [0.5, 0.6) is 11.5 Å². The third-order valence-corrected chi connectivity index (χ3v) is 2.23. The highest BCUT2D eigenvalue weighted by Gasteiger charge is 2.33. The molecule has 0 unspecified atom stereocenters. The number of Topliss-reactive ketones (excluding diaryl/α,β-unsaturated/α-hetero) is 1. The van der Waals surface area contributed by atoms with E-state index in [1.165, 1.54) is 6.07 Å². The number of rotatable bonds is 4. The summed E-state index contributed by atoms with van der Waals surface area (Å²) in [4.78, 5) is 11.5. The molecule has 1 aromatic carbocycles. The summed E-state index contributed by atoms with van der Waals surface area (Å²) < 4.78 is 39.9. The van der Waals surface area contributed by atoms with Gasteiger partial charge < -0.3 is 9.84 Å². The van der Waals surface area contributed by atoms with Gasteiger partial charge in [-0.3, -0.25) is 4.79 Å². The van der Waals surface area contributed by atoms with Crippen LogP contribution in [0, 0.1) is 0 Å². The third-order valence-electron chi connectivity index (χ3n) is 1.83. The molecule has 0 saturated heterocycles. The Balaban J connectivity index is 3.13. The minimum Gasteiger partial charge on any atom is -0.507 e. The molecule has 0 aliphatic carbocycles. The Labute approximate surface area is 103 Å². The standard InChI is InChI=1S/C10H8BrF3O3/c11-5-4-7(16)9-6(15)2-1-3-8(9)17-10(12,13)14/h1-3,15H,4-5H2. The van der Waals surface area contributed by atoms with Crippen LogP contribution in [-0.2, 0) is 0 Å². The number of phenolic OH excluding ortho intramolecular Hbond substituents is 1. The fourth-order valence-electron chi connectivity index (χ4n) is 1.22. The Morgan fingerprint density at radius 3 is 2.59 bits per heavy atom. The van der Waals surface area contributed by atoms with E-state index >= 15 is 0 Å². The van der Waals surface area contributed by atoms with Crippen LogP contribution in [-0.4, -0.2) is 22.6 Å². The number of halogens is 4. The van der Waals surface area contributed by atoms with Gasteiger partial charge in [0.2, 0.25) is 0 Å². The van der Waals surface area contributed by atoms with E-state index in [1.807, 2.05) is 0 Å². The summed E-state index contributed by atoms with van der Waals surface area (Å²) in [7, 11) is 0. The summed E-state index contributed by atoms with van der Waals surface area (Å²) in [6.45, 7) is 0. The number of aromatic hydroxyl groups is 1. The van der Waals surface area contributed by atoms with Crippen molar-refractivity contribution in [2.45, 2.75) is 12.8 Å². The number of carbonyl (C=O) groups excluding carboxylic acids is 1. The molecule has 0 aliphatic heterocycles. The van der Waals surface area contributed by atoms with Crippen LogP contribution in [0.1, 0.15) is 16.8 Å². The molecule has 0 radical (unpaired) electrons. The summed E-state index contributed by atoms with van der Waals surface area (Å²) in [5, 5.41) is 9.69. The minimum atomic E-state index is -4.91. The molecule has 1 rings (SSSR count). The summed E-state index contributed by atoms with van der Waals surface area (Å²) in [5.41, 5.74) is -0.454. The highest BCUT2D eigenvalue weighted by Crippen LogP contribution is 2.32. The third kappa shape index (κ3) is 3.92. The zero-order valence-electron chi connectivity index (χ0n) is 8.42. The van der Waals surface area contributed by atoms with Crippen LogP contribution in [0.4, 0.5) is 13.2 Å². The first kappa shape index (κ1) is 13.8. The monoisotopic (exact) mass is 312 g/mol. The number of alkyl halides is 4. The molecule has 1 N–H and O–H groups in total. The van der Waals surface area contributed by atoms with E-state index in [9.17, 15) is 23.1 Å². The molecule has 0 saturated carbocycles. The zero-order valence-corrected chi connectivity index (χ0v) is 10.0. The predicted molar refractivity (Wildman–Crippen MR) is 57.5 cm³/mol. The van der Waals surface area contributed by atoms with Gasteiger partial charge in [-0.1, -0.05) is 22.0 Å². The van der Waals surface area contributed by atoms with Gasteiger partial charge in [0.25, 0.3) is 0 Å². The first-order valence-corrected chi connectivity index (χ1v) is 5.64. The van der Waals surface area contributed by atoms with E-state index in [0.717, 1.165) is 12.1 Å². The highest BCUT2D eigenvalue weighted by atomic mass is 79.9. The molecule has 17 heavy (non-hydrogen) atoms. The summed E-state index contributed by atoms with van der Waals surface area (Å²) in [6, 6.07) is 3.28. The van der Waals surface area contributed by atoms with Crippen molar-refractivity contribution >= 4 is 21.7 Å². The van der Waals surface area contributed by atoms with Crippen molar-refractivity contribution in [1.82, 2.24) is 0 Å². The van der Waals surface area contributed by atoms with Crippen molar-refractivity contribution in [3.63, 3.8) is 0 Å². The Hall–Kier alpha value is -1.24. The summed E-state index contributed by atoms with van der Waals surface area (Å²) >= 11 is 2.99. The van der Waals surface area contributed by atoms with E-state index < -0.39 is 29.2 Å². The molecule has 94 valence electrons. The van der Waals surface area contributed by atoms with E-state index in [1.54, 1.807) is 0 Å². The van der Waals surface area contributed by atoms with E-state index in [0.29, 0.717) is 0 Å². The van der Waals surface area contributed by atoms with Gasteiger partial charge in [-0.15, -0.1) is 13.2 Å². The number of ketones is 1. The lowest BCUT2D eigenvalue weighted by molar-refractivity contribution is -0.274. The smallest absolute Gasteiger partial charge is 0.507 e. The number of ether oxygens (including phenoxy) is 1. The van der Waals surface area contributed by atoms with Crippen molar-refractivity contribution in [3.05, 3.63) is 23.8 Å². The molecule has 3 nitrogen and oxygen atoms in total. The van der Waals surface area contributed by atoms with Gasteiger partial charge in [0, 0.05) is 11.8 Å². The second kappa shape index (κ2) is 5.39. The molecule has 1 aromatic rings. The van der Waals surface area contributed by atoms with Gasteiger partial charge >= 0.3 is 6.36 Å². The van der Waals surface area contributed by atoms with Crippen molar-refractivity contribution < 1.29 is 27.8 Å². The number of carbonyl (C=O) groups is 1. The lowest BCUT2D eigenvalue weighted by Crippen LogP contribution is -2.19. The second-order valence-electron chi connectivity index (χ2n) is 3.06. The van der Waals surface area contributed by atoms with E-state index in [2.05, 4.69) is 20.7 Å². The molecule has 0 atom stereocenters. The molecule has 0 aromatic heterocycles. The summed E-state index contributed by atoms with van der Waals surface area (Å²) in [6.07, 6.45) is -4.94. The molecule has 7 heteroatoms. The van der Waals surface area contributed by atoms with Crippen molar-refractivity contribution in [2.24, 2.45) is 0 Å². The topological polar surface area (TPSA) is 46.5 Å². The average molecular weight is 313 g/mol. The maximum Gasteiger partial charge on any atom is 0.573 e. The van der Waals surface area contributed by atoms with Crippen LogP contribution in [0.2, 0.25) is 0 Å². The number of hydrogen-bond acceptors (Lipinski definition) is 3. The average Bonchev–Trinajstić information content (AvgIpc) is 2.15.